The van der Waals surface area contributed by atoms with E-state index in [1.54, 1.807) is 26.4 Å². The molecule has 1 aromatic carbocycles. The van der Waals surface area contributed by atoms with Gasteiger partial charge in [-0.1, -0.05) is 23.2 Å². The van der Waals surface area contributed by atoms with Crippen molar-refractivity contribution >= 4 is 57.6 Å². The van der Waals surface area contributed by atoms with Gasteiger partial charge in [0.2, 0.25) is 5.91 Å². The van der Waals surface area contributed by atoms with Crippen LogP contribution >= 0.6 is 23.2 Å². The van der Waals surface area contributed by atoms with Crippen LogP contribution in [0.4, 0.5) is 11.5 Å². The summed E-state index contributed by atoms with van der Waals surface area (Å²) in [6.07, 6.45) is 5.35. The molecule has 1 aliphatic heterocycles. The minimum absolute atomic E-state index is 0.106. The number of rotatable bonds is 7. The number of halogens is 2. The Bertz CT molecular complexity index is 1720. The minimum Gasteiger partial charge on any atom is -0.506 e. The predicted octanol–water partition coefficient (Wildman–Crippen LogP) is 2.77. The van der Waals surface area contributed by atoms with E-state index in [2.05, 4.69) is 20.2 Å². The van der Waals surface area contributed by atoms with Crippen molar-refractivity contribution in [3.05, 3.63) is 62.9 Å². The van der Waals surface area contributed by atoms with E-state index < -0.39 is 17.6 Å². The molecule has 5 rings (SSSR count). The normalized spacial score (nSPS) is 15.1. The molecule has 1 saturated heterocycles. The first-order chi connectivity index (χ1) is 19.1. The maximum absolute atomic E-state index is 13.2. The maximum Gasteiger partial charge on any atom is 0.263 e. The average molecular weight is 586 g/mol. The Labute approximate surface area is 237 Å². The van der Waals surface area contributed by atoms with Gasteiger partial charge in [0.15, 0.2) is 0 Å². The number of ether oxygens (including phenoxy) is 1. The van der Waals surface area contributed by atoms with Gasteiger partial charge in [0, 0.05) is 45.1 Å². The number of carbonyl (C=O) groups is 2. The molecule has 0 saturated carbocycles. The van der Waals surface area contributed by atoms with Crippen LogP contribution in [-0.4, -0.2) is 62.3 Å². The Kier molecular flexibility index (Phi) is 7.41. The van der Waals surface area contributed by atoms with Crippen molar-refractivity contribution in [2.24, 2.45) is 12.8 Å². The van der Waals surface area contributed by atoms with E-state index in [0.717, 1.165) is 13.0 Å². The number of primary amides is 1. The summed E-state index contributed by atoms with van der Waals surface area (Å²) in [6.45, 7) is 1.22. The number of hydrogen-bond donors (Lipinski definition) is 3. The summed E-state index contributed by atoms with van der Waals surface area (Å²) in [5.41, 5.74) is 6.12. The predicted molar refractivity (Wildman–Crippen MR) is 151 cm³/mol. The molecule has 1 aliphatic rings. The van der Waals surface area contributed by atoms with E-state index in [1.807, 2.05) is 0 Å². The number of aromatic nitrogens is 4. The van der Waals surface area contributed by atoms with Crippen molar-refractivity contribution in [2.45, 2.75) is 19.1 Å². The van der Waals surface area contributed by atoms with Gasteiger partial charge in [-0.15, -0.1) is 0 Å². The lowest BCUT2D eigenvalue weighted by atomic mass is 10.0. The lowest BCUT2D eigenvalue weighted by molar-refractivity contribution is -0.116. The molecule has 14 heteroatoms. The summed E-state index contributed by atoms with van der Waals surface area (Å²) in [6, 6.07) is 4.44. The monoisotopic (exact) mass is 585 g/mol. The number of hydrogen-bond acceptors (Lipinski definition) is 8. The number of aryl methyl sites for hydroxylation is 1. The molecular formula is C26H25Cl2N7O5. The lowest BCUT2D eigenvalue weighted by Gasteiger charge is -2.18. The van der Waals surface area contributed by atoms with Gasteiger partial charge in [-0.25, -0.2) is 9.97 Å². The number of nitrogens with zero attached hydrogens (tertiary/aromatic N) is 5. The number of amides is 2. The standard InChI is InChI=1S/C26H25Cl2N7O5/c1-33-12-31-25-22(26(33)39)16(13-5-15(24(29)38)23(37)17(27)6-13)10-35(25)11-21(36)32-19-7-20(30-8-18(19)28)34-4-3-14(9-34)40-2/h5-8,10,12,14,37H,3-4,9,11H2,1-2H3,(H2,29,38)(H,30,32,36)/t14-/m1/s1. The van der Waals surface area contributed by atoms with Crippen LogP contribution in [0.3, 0.4) is 0 Å². The van der Waals surface area contributed by atoms with Crippen LogP contribution in [-0.2, 0) is 23.1 Å². The van der Waals surface area contributed by atoms with Crippen molar-refractivity contribution < 1.29 is 19.4 Å². The zero-order valence-electron chi connectivity index (χ0n) is 21.5. The third-order valence-electron chi connectivity index (χ3n) is 6.81. The molecular weight excluding hydrogens is 561 g/mol. The zero-order chi connectivity index (χ0) is 28.7. The molecule has 0 bridgehead atoms. The van der Waals surface area contributed by atoms with Crippen LogP contribution in [0.15, 0.2) is 41.7 Å². The highest BCUT2D eigenvalue weighted by Gasteiger charge is 2.24. The van der Waals surface area contributed by atoms with Gasteiger partial charge in [-0.3, -0.25) is 14.4 Å². The maximum atomic E-state index is 13.2. The number of fused-ring (bicyclic) bond motifs is 1. The van der Waals surface area contributed by atoms with Crippen molar-refractivity contribution in [3.8, 4) is 16.9 Å². The zero-order valence-corrected chi connectivity index (χ0v) is 23.0. The molecule has 40 heavy (non-hydrogen) atoms. The number of phenols is 1. The Morgan fingerprint density at radius 3 is 2.70 bits per heavy atom. The summed E-state index contributed by atoms with van der Waals surface area (Å²) in [7, 11) is 3.21. The SMILES string of the molecule is CO[C@@H]1CCN(c2cc(NC(=O)Cn3cc(-c4cc(Cl)c(O)c(C(N)=O)c4)c4c(=O)n(C)cnc43)c(Cl)cn2)C1. The number of pyridine rings is 1. The van der Waals surface area contributed by atoms with Gasteiger partial charge in [0.05, 0.1) is 45.3 Å². The van der Waals surface area contributed by atoms with Crippen LogP contribution in [0.2, 0.25) is 10.0 Å². The smallest absolute Gasteiger partial charge is 0.263 e. The average Bonchev–Trinajstić information content (AvgIpc) is 3.54. The van der Waals surface area contributed by atoms with Gasteiger partial charge in [0.1, 0.15) is 23.8 Å². The van der Waals surface area contributed by atoms with E-state index in [4.69, 9.17) is 33.7 Å². The van der Waals surface area contributed by atoms with Crippen LogP contribution in [0.25, 0.3) is 22.2 Å². The number of anilines is 2. The van der Waals surface area contributed by atoms with Crippen LogP contribution in [0.1, 0.15) is 16.8 Å². The minimum atomic E-state index is -0.893. The van der Waals surface area contributed by atoms with Crippen molar-refractivity contribution in [1.82, 2.24) is 19.1 Å². The van der Waals surface area contributed by atoms with E-state index in [1.165, 1.54) is 33.8 Å². The Morgan fingerprint density at radius 2 is 2.00 bits per heavy atom. The van der Waals surface area contributed by atoms with Crippen LogP contribution in [0.5, 0.6) is 5.75 Å². The van der Waals surface area contributed by atoms with Gasteiger partial charge >= 0.3 is 0 Å². The molecule has 12 nitrogen and oxygen atoms in total. The van der Waals surface area contributed by atoms with Crippen molar-refractivity contribution in [2.75, 3.05) is 30.4 Å². The summed E-state index contributed by atoms with van der Waals surface area (Å²) in [5, 5.41) is 13.3. The molecule has 4 N–H and O–H groups in total. The number of carbonyl (C=O) groups excluding carboxylic acids is 2. The Balaban J connectivity index is 1.49. The molecule has 208 valence electrons. The molecule has 2 amide bonds. The fourth-order valence-corrected chi connectivity index (χ4v) is 5.09. The van der Waals surface area contributed by atoms with Crippen molar-refractivity contribution in [3.63, 3.8) is 0 Å². The highest BCUT2D eigenvalue weighted by atomic mass is 35.5. The number of methoxy groups -OCH3 is 1. The number of nitrogens with one attached hydrogen (secondary N) is 1. The second kappa shape index (κ2) is 10.8. The molecule has 0 radical (unpaired) electrons. The number of nitrogens with two attached hydrogens (primary N) is 1. The molecule has 1 fully saturated rings. The summed E-state index contributed by atoms with van der Waals surface area (Å²) >= 11 is 12.5. The van der Waals surface area contributed by atoms with Gasteiger partial charge in [0.25, 0.3) is 11.5 Å². The first-order valence-corrected chi connectivity index (χ1v) is 12.9. The van der Waals surface area contributed by atoms with E-state index in [9.17, 15) is 19.5 Å². The second-order valence-electron chi connectivity index (χ2n) is 9.41. The van der Waals surface area contributed by atoms with E-state index >= 15 is 0 Å². The molecule has 3 aromatic heterocycles. The highest BCUT2D eigenvalue weighted by Crippen LogP contribution is 2.36. The summed E-state index contributed by atoms with van der Waals surface area (Å²) < 4.78 is 8.22. The van der Waals surface area contributed by atoms with Gasteiger partial charge in [-0.05, 0) is 24.1 Å². The fraction of sp³-hybridized carbons (Fsp3) is 0.269. The van der Waals surface area contributed by atoms with E-state index in [0.29, 0.717) is 29.2 Å². The molecule has 4 heterocycles. The topological polar surface area (TPSA) is 158 Å². The number of aromatic hydroxyl groups is 1. The Morgan fingerprint density at radius 1 is 1.23 bits per heavy atom. The summed E-state index contributed by atoms with van der Waals surface area (Å²) in [4.78, 5) is 49.0. The first-order valence-electron chi connectivity index (χ1n) is 12.2. The first kappa shape index (κ1) is 27.4. The molecule has 1 atom stereocenters. The van der Waals surface area contributed by atoms with Crippen LogP contribution in [0, 0.1) is 0 Å². The fourth-order valence-electron chi connectivity index (χ4n) is 4.72. The lowest BCUT2D eigenvalue weighted by Crippen LogP contribution is -2.24. The van der Waals surface area contributed by atoms with Gasteiger partial charge < -0.3 is 34.9 Å². The number of benzene rings is 1. The quantitative estimate of drug-likeness (QED) is 0.298. The van der Waals surface area contributed by atoms with Gasteiger partial charge in [-0.2, -0.15) is 0 Å². The molecule has 4 aromatic rings. The van der Waals surface area contributed by atoms with E-state index in [-0.39, 0.29) is 44.9 Å². The molecule has 0 aliphatic carbocycles. The molecule has 0 spiro atoms. The van der Waals surface area contributed by atoms with Crippen molar-refractivity contribution in [1.29, 1.82) is 0 Å². The molecule has 0 unspecified atom stereocenters. The summed E-state index contributed by atoms with van der Waals surface area (Å²) in [5.74, 6) is -1.13. The second-order valence-corrected chi connectivity index (χ2v) is 10.2. The third-order valence-corrected chi connectivity index (χ3v) is 7.40. The highest BCUT2D eigenvalue weighted by molar-refractivity contribution is 6.34. The van der Waals surface area contributed by atoms with Crippen LogP contribution < -0.4 is 21.5 Å². The Hall–Kier alpha value is -4.13. The third kappa shape index (κ3) is 5.08. The largest absolute Gasteiger partial charge is 0.506 e.